The Bertz CT molecular complexity index is 1140. The van der Waals surface area contributed by atoms with Gasteiger partial charge in [-0.1, -0.05) is 23.7 Å². The molecule has 0 aliphatic carbocycles. The third kappa shape index (κ3) is 3.36. The first-order valence-corrected chi connectivity index (χ1v) is 11.2. The van der Waals surface area contributed by atoms with Crippen molar-refractivity contribution >= 4 is 38.5 Å². The van der Waals surface area contributed by atoms with Gasteiger partial charge in [-0.2, -0.15) is 0 Å². The van der Waals surface area contributed by atoms with Gasteiger partial charge >= 0.3 is 0 Å². The molecule has 28 heavy (non-hydrogen) atoms. The second-order valence-electron chi connectivity index (χ2n) is 7.17. The number of rotatable bonds is 4. The molecule has 7 nitrogen and oxygen atoms in total. The number of sulfonamides is 1. The molecule has 0 radical (unpaired) electrons. The molecule has 1 saturated heterocycles. The van der Waals surface area contributed by atoms with E-state index in [4.69, 9.17) is 16.6 Å². The molecule has 4 rings (SSSR count). The van der Waals surface area contributed by atoms with E-state index in [0.29, 0.717) is 11.6 Å². The van der Waals surface area contributed by atoms with Crippen molar-refractivity contribution in [3.63, 3.8) is 0 Å². The number of nitrogens with zero attached hydrogens (tertiary/aromatic N) is 5. The van der Waals surface area contributed by atoms with Crippen LogP contribution in [0.3, 0.4) is 0 Å². The molecular weight excluding hydrogens is 398 g/mol. The lowest BCUT2D eigenvalue weighted by Gasteiger charge is -2.23. The molecule has 1 atom stereocenters. The van der Waals surface area contributed by atoms with Crippen LogP contribution in [0.1, 0.15) is 6.42 Å². The topological polar surface area (TPSA) is 71.3 Å². The lowest BCUT2D eigenvalue weighted by atomic mass is 10.2. The number of hydrogen-bond donors (Lipinski definition) is 0. The van der Waals surface area contributed by atoms with Crippen molar-refractivity contribution in [3.05, 3.63) is 41.6 Å². The van der Waals surface area contributed by atoms with E-state index >= 15 is 0 Å². The molecule has 1 aromatic carbocycles. The highest BCUT2D eigenvalue weighted by atomic mass is 35.5. The van der Waals surface area contributed by atoms with E-state index in [0.717, 1.165) is 41.2 Å². The Kier molecular flexibility index (Phi) is 4.81. The number of likely N-dealkylation sites (N-methyl/N-ethyl adjacent to an activating group) is 1. The van der Waals surface area contributed by atoms with Crippen LogP contribution >= 0.6 is 11.6 Å². The monoisotopic (exact) mass is 419 g/mol. The second-order valence-corrected chi connectivity index (χ2v) is 9.62. The van der Waals surface area contributed by atoms with Gasteiger partial charge in [0.15, 0.2) is 0 Å². The molecule has 1 unspecified atom stereocenters. The summed E-state index contributed by atoms with van der Waals surface area (Å²) in [6.07, 6.45) is 3.63. The molecule has 3 aromatic rings. The number of aromatic nitrogens is 3. The third-order valence-corrected chi connectivity index (χ3v) is 7.04. The van der Waals surface area contributed by atoms with Crippen LogP contribution in [0.15, 0.2) is 36.5 Å². The van der Waals surface area contributed by atoms with Crippen LogP contribution in [0.5, 0.6) is 0 Å². The first kappa shape index (κ1) is 19.2. The normalized spacial score (nSPS) is 17.8. The van der Waals surface area contributed by atoms with Gasteiger partial charge in [-0.25, -0.2) is 22.7 Å². The van der Waals surface area contributed by atoms with Gasteiger partial charge in [-0.05, 0) is 24.6 Å². The quantitative estimate of drug-likeness (QED) is 0.650. The Morgan fingerprint density at radius 1 is 1.29 bits per heavy atom. The van der Waals surface area contributed by atoms with Crippen molar-refractivity contribution in [2.24, 2.45) is 7.05 Å². The van der Waals surface area contributed by atoms with Crippen LogP contribution in [0.2, 0.25) is 5.02 Å². The molecule has 1 aliphatic heterocycles. The summed E-state index contributed by atoms with van der Waals surface area (Å²) in [7, 11) is 0.377. The number of anilines is 1. The number of pyridine rings is 1. The van der Waals surface area contributed by atoms with E-state index in [1.54, 1.807) is 13.2 Å². The zero-order chi connectivity index (χ0) is 20.1. The van der Waals surface area contributed by atoms with Gasteiger partial charge in [0.2, 0.25) is 10.0 Å². The molecule has 0 saturated carbocycles. The fourth-order valence-electron chi connectivity index (χ4n) is 3.68. The van der Waals surface area contributed by atoms with Gasteiger partial charge in [-0.15, -0.1) is 0 Å². The Labute approximate surface area is 169 Å². The molecule has 0 bridgehead atoms. The number of benzene rings is 1. The van der Waals surface area contributed by atoms with Gasteiger partial charge < -0.3 is 9.47 Å². The average Bonchev–Trinajstić information content (AvgIpc) is 3.27. The average molecular weight is 420 g/mol. The number of aryl methyl sites for hydroxylation is 1. The summed E-state index contributed by atoms with van der Waals surface area (Å²) in [5.74, 6) is 1.55. The summed E-state index contributed by atoms with van der Waals surface area (Å²) >= 11 is 6.45. The fraction of sp³-hybridized carbons (Fsp3) is 0.368. The van der Waals surface area contributed by atoms with Gasteiger partial charge in [0.25, 0.3) is 0 Å². The van der Waals surface area contributed by atoms with Crippen molar-refractivity contribution in [1.82, 2.24) is 18.8 Å². The van der Waals surface area contributed by atoms with Crippen molar-refractivity contribution in [1.29, 1.82) is 0 Å². The summed E-state index contributed by atoms with van der Waals surface area (Å²) in [5, 5.41) is 0.533. The maximum absolute atomic E-state index is 11.8. The Morgan fingerprint density at radius 3 is 2.75 bits per heavy atom. The zero-order valence-electron chi connectivity index (χ0n) is 16.0. The highest BCUT2D eigenvalue weighted by Gasteiger charge is 2.31. The molecule has 148 valence electrons. The lowest BCUT2D eigenvalue weighted by Crippen LogP contribution is -2.38. The molecule has 3 heterocycles. The highest BCUT2D eigenvalue weighted by molar-refractivity contribution is 7.88. The van der Waals surface area contributed by atoms with Gasteiger partial charge in [0, 0.05) is 45.0 Å². The third-order valence-electron chi connectivity index (χ3n) is 5.39. The molecule has 9 heteroatoms. The lowest BCUT2D eigenvalue weighted by molar-refractivity contribution is 0.393. The SMILES string of the molecule is CN(C1CCN(c2cc(-c3nc4ccccc4n3C)c(Cl)cn2)C1)S(C)(=O)=O. The number of para-hydroxylation sites is 2. The Hall–Kier alpha value is -2.16. The Balaban J connectivity index is 1.67. The number of hydrogen-bond acceptors (Lipinski definition) is 5. The molecule has 0 spiro atoms. The van der Waals surface area contributed by atoms with Crippen LogP contribution in [0.25, 0.3) is 22.4 Å². The van der Waals surface area contributed by atoms with E-state index < -0.39 is 10.0 Å². The molecule has 1 aliphatic rings. The van der Waals surface area contributed by atoms with E-state index in [9.17, 15) is 8.42 Å². The first-order chi connectivity index (χ1) is 13.3. The van der Waals surface area contributed by atoms with Crippen molar-refractivity contribution in [3.8, 4) is 11.4 Å². The predicted octanol–water partition coefficient (Wildman–Crippen LogP) is 2.76. The van der Waals surface area contributed by atoms with Gasteiger partial charge in [-0.3, -0.25) is 0 Å². The standard InChI is InChI=1S/C19H22ClN5O2S/c1-23-17-7-5-4-6-16(17)22-19(23)14-10-18(21-11-15(14)20)25-9-8-13(12-25)24(2)28(3,26)27/h4-7,10-11,13H,8-9,12H2,1-3H3. The molecule has 0 amide bonds. The van der Waals surface area contributed by atoms with Crippen molar-refractivity contribution in [2.75, 3.05) is 31.3 Å². The summed E-state index contributed by atoms with van der Waals surface area (Å²) in [6.45, 7) is 1.33. The second kappa shape index (κ2) is 7.02. The van der Waals surface area contributed by atoms with Crippen molar-refractivity contribution < 1.29 is 8.42 Å². The minimum atomic E-state index is -3.22. The molecule has 1 fully saturated rings. The number of fused-ring (bicyclic) bond motifs is 1. The minimum Gasteiger partial charge on any atom is -0.355 e. The van der Waals surface area contributed by atoms with Crippen LogP contribution in [-0.4, -0.2) is 59.7 Å². The summed E-state index contributed by atoms with van der Waals surface area (Å²) in [5.41, 5.74) is 2.75. The first-order valence-electron chi connectivity index (χ1n) is 9.01. The Morgan fingerprint density at radius 2 is 2.04 bits per heavy atom. The summed E-state index contributed by atoms with van der Waals surface area (Å²) in [4.78, 5) is 11.3. The van der Waals surface area contributed by atoms with Crippen LogP contribution in [0, 0.1) is 0 Å². The smallest absolute Gasteiger partial charge is 0.211 e. The van der Waals surface area contributed by atoms with Gasteiger partial charge in [0.05, 0.1) is 22.3 Å². The predicted molar refractivity (Wildman–Crippen MR) is 112 cm³/mol. The van der Waals surface area contributed by atoms with E-state index in [1.165, 1.54) is 10.6 Å². The van der Waals surface area contributed by atoms with Crippen LogP contribution in [-0.2, 0) is 17.1 Å². The number of imidazole rings is 1. The van der Waals surface area contributed by atoms with E-state index in [-0.39, 0.29) is 6.04 Å². The molecule has 0 N–H and O–H groups in total. The maximum atomic E-state index is 11.8. The fourth-order valence-corrected chi connectivity index (χ4v) is 4.58. The van der Waals surface area contributed by atoms with E-state index in [1.807, 2.05) is 41.9 Å². The molecular formula is C19H22ClN5O2S. The minimum absolute atomic E-state index is 0.0633. The maximum Gasteiger partial charge on any atom is 0.211 e. The largest absolute Gasteiger partial charge is 0.355 e. The van der Waals surface area contributed by atoms with Crippen LogP contribution < -0.4 is 4.90 Å². The molecule has 2 aromatic heterocycles. The zero-order valence-corrected chi connectivity index (χ0v) is 17.6. The highest BCUT2D eigenvalue weighted by Crippen LogP contribution is 2.33. The number of halogens is 1. The summed E-state index contributed by atoms with van der Waals surface area (Å²) < 4.78 is 27.1. The van der Waals surface area contributed by atoms with Crippen LogP contribution in [0.4, 0.5) is 5.82 Å². The summed E-state index contributed by atoms with van der Waals surface area (Å²) in [6, 6.07) is 9.81. The van der Waals surface area contributed by atoms with Crippen molar-refractivity contribution in [2.45, 2.75) is 12.5 Å². The van der Waals surface area contributed by atoms with E-state index in [2.05, 4.69) is 9.88 Å². The van der Waals surface area contributed by atoms with Gasteiger partial charge in [0.1, 0.15) is 11.6 Å².